The van der Waals surface area contributed by atoms with Crippen molar-refractivity contribution < 1.29 is 4.79 Å². The number of nitrogens with one attached hydrogen (secondary N) is 1. The van der Waals surface area contributed by atoms with Crippen molar-refractivity contribution in [2.75, 3.05) is 5.01 Å². The molecule has 2 rings (SSSR count). The highest BCUT2D eigenvalue weighted by Gasteiger charge is 2.35. The van der Waals surface area contributed by atoms with Gasteiger partial charge in [0.2, 0.25) is 0 Å². The monoisotopic (exact) mass is 217 g/mol. The second-order valence-electron chi connectivity index (χ2n) is 3.36. The van der Waals surface area contributed by atoms with E-state index in [2.05, 4.69) is 5.10 Å². The minimum Gasteiger partial charge on any atom is -0.383 e. The lowest BCUT2D eigenvalue weighted by Crippen LogP contribution is -2.43. The van der Waals surface area contributed by atoms with Crippen LogP contribution in [0.15, 0.2) is 35.4 Å². The highest BCUT2D eigenvalue weighted by atomic mass is 16.2. The van der Waals surface area contributed by atoms with Gasteiger partial charge in [0.1, 0.15) is 17.6 Å². The molecule has 1 aromatic rings. The number of nitrogens with zero attached hydrogens (tertiary/aromatic N) is 2. The summed E-state index contributed by atoms with van der Waals surface area (Å²) in [5.41, 5.74) is 11.6. The molecule has 0 bridgehead atoms. The van der Waals surface area contributed by atoms with Gasteiger partial charge in [0.05, 0.1) is 5.69 Å². The van der Waals surface area contributed by atoms with Crippen molar-refractivity contribution in [2.24, 2.45) is 16.6 Å². The molecule has 0 saturated heterocycles. The van der Waals surface area contributed by atoms with Crippen molar-refractivity contribution in [1.82, 2.24) is 0 Å². The molecule has 1 aliphatic rings. The predicted octanol–water partition coefficient (Wildman–Crippen LogP) is -0.348. The van der Waals surface area contributed by atoms with Crippen LogP contribution in [0.4, 0.5) is 5.69 Å². The van der Waals surface area contributed by atoms with Crippen LogP contribution in [0, 0.1) is 5.41 Å². The van der Waals surface area contributed by atoms with E-state index in [-0.39, 0.29) is 17.5 Å². The first-order chi connectivity index (χ1) is 7.61. The molecule has 6 heteroatoms. The van der Waals surface area contributed by atoms with Crippen LogP contribution in [0.1, 0.15) is 0 Å². The van der Waals surface area contributed by atoms with Gasteiger partial charge in [0.25, 0.3) is 5.91 Å². The molecule has 0 aromatic heterocycles. The molecule has 82 valence electrons. The summed E-state index contributed by atoms with van der Waals surface area (Å²) in [6, 6.07) is 7.93. The van der Waals surface area contributed by atoms with Crippen LogP contribution < -0.4 is 16.5 Å². The molecule has 0 spiro atoms. The maximum Gasteiger partial charge on any atom is 0.270 e. The second kappa shape index (κ2) is 3.74. The number of hydrazone groups is 1. The number of amidine groups is 1. The van der Waals surface area contributed by atoms with E-state index in [1.54, 1.807) is 24.3 Å². The molecule has 5 N–H and O–H groups in total. The minimum atomic E-state index is -0.947. The van der Waals surface area contributed by atoms with Crippen molar-refractivity contribution in [3.8, 4) is 0 Å². The van der Waals surface area contributed by atoms with Crippen LogP contribution in [0.25, 0.3) is 0 Å². The number of nitrogens with two attached hydrogens (primary N) is 2. The van der Waals surface area contributed by atoms with Crippen LogP contribution in [0.2, 0.25) is 0 Å². The van der Waals surface area contributed by atoms with E-state index in [9.17, 15) is 4.79 Å². The Labute approximate surface area is 92.0 Å². The number of para-hydroxylation sites is 1. The van der Waals surface area contributed by atoms with E-state index in [0.717, 1.165) is 0 Å². The van der Waals surface area contributed by atoms with E-state index in [4.69, 9.17) is 16.9 Å². The zero-order valence-corrected chi connectivity index (χ0v) is 8.42. The smallest absolute Gasteiger partial charge is 0.270 e. The topological polar surface area (TPSA) is 109 Å². The number of hydrogen-bond donors (Lipinski definition) is 3. The Bertz CT molecular complexity index is 467. The van der Waals surface area contributed by atoms with E-state index in [0.29, 0.717) is 5.69 Å². The fraction of sp³-hybridized carbons (Fsp3) is 0.100. The SMILES string of the molecule is N=C(N)C1=NN(c2ccccc2)C(=O)C1N. The van der Waals surface area contributed by atoms with Crippen molar-refractivity contribution >= 4 is 23.1 Å². The minimum absolute atomic E-state index is 0.105. The molecule has 0 aliphatic carbocycles. The molecule has 6 nitrogen and oxygen atoms in total. The number of anilines is 1. The fourth-order valence-corrected chi connectivity index (χ4v) is 1.44. The summed E-state index contributed by atoms with van der Waals surface area (Å²) in [5.74, 6) is -0.657. The van der Waals surface area contributed by atoms with Gasteiger partial charge in [-0.1, -0.05) is 18.2 Å². The van der Waals surface area contributed by atoms with Crippen LogP contribution in [-0.2, 0) is 4.79 Å². The van der Waals surface area contributed by atoms with E-state index < -0.39 is 6.04 Å². The van der Waals surface area contributed by atoms with Crippen molar-refractivity contribution in [3.63, 3.8) is 0 Å². The highest BCUT2D eigenvalue weighted by Crippen LogP contribution is 2.19. The molecule has 1 amide bonds. The van der Waals surface area contributed by atoms with Crippen molar-refractivity contribution in [1.29, 1.82) is 5.41 Å². The number of amides is 1. The third-order valence-corrected chi connectivity index (χ3v) is 2.25. The Morgan fingerprint density at radius 1 is 1.38 bits per heavy atom. The summed E-state index contributed by atoms with van der Waals surface area (Å²) in [5, 5.41) is 12.4. The molecule has 1 atom stereocenters. The summed E-state index contributed by atoms with van der Waals surface area (Å²) >= 11 is 0. The summed E-state index contributed by atoms with van der Waals surface area (Å²) in [7, 11) is 0. The third kappa shape index (κ3) is 1.55. The van der Waals surface area contributed by atoms with Gasteiger partial charge in [0.15, 0.2) is 0 Å². The summed E-state index contributed by atoms with van der Waals surface area (Å²) < 4.78 is 0. The van der Waals surface area contributed by atoms with Crippen molar-refractivity contribution in [3.05, 3.63) is 30.3 Å². The van der Waals surface area contributed by atoms with E-state index >= 15 is 0 Å². The number of rotatable bonds is 2. The first kappa shape index (κ1) is 10.3. The predicted molar refractivity (Wildman–Crippen MR) is 61.3 cm³/mol. The highest BCUT2D eigenvalue weighted by molar-refractivity contribution is 6.48. The Morgan fingerprint density at radius 2 is 2.00 bits per heavy atom. The van der Waals surface area contributed by atoms with Gasteiger partial charge in [-0.2, -0.15) is 10.1 Å². The first-order valence-corrected chi connectivity index (χ1v) is 4.68. The van der Waals surface area contributed by atoms with Gasteiger partial charge in [-0.3, -0.25) is 10.2 Å². The molecule has 1 heterocycles. The van der Waals surface area contributed by atoms with Crippen LogP contribution >= 0.6 is 0 Å². The molecule has 0 fully saturated rings. The first-order valence-electron chi connectivity index (χ1n) is 4.68. The third-order valence-electron chi connectivity index (χ3n) is 2.25. The second-order valence-corrected chi connectivity index (χ2v) is 3.36. The van der Waals surface area contributed by atoms with Crippen LogP contribution in [-0.4, -0.2) is 23.5 Å². The van der Waals surface area contributed by atoms with Gasteiger partial charge in [-0.15, -0.1) is 0 Å². The summed E-state index contributed by atoms with van der Waals surface area (Å²) in [4.78, 5) is 11.8. The Balaban J connectivity index is 2.38. The number of benzene rings is 1. The Hall–Kier alpha value is -2.21. The zero-order valence-electron chi connectivity index (χ0n) is 8.42. The van der Waals surface area contributed by atoms with E-state index in [1.807, 2.05) is 6.07 Å². The lowest BCUT2D eigenvalue weighted by atomic mass is 10.2. The number of carbonyl (C=O) groups is 1. The molecule has 0 saturated carbocycles. The average molecular weight is 217 g/mol. The molecule has 16 heavy (non-hydrogen) atoms. The summed E-state index contributed by atoms with van der Waals surface area (Å²) in [6.07, 6.45) is 0. The molecule has 1 unspecified atom stereocenters. The van der Waals surface area contributed by atoms with Gasteiger partial charge < -0.3 is 11.5 Å². The Kier molecular flexibility index (Phi) is 2.41. The largest absolute Gasteiger partial charge is 0.383 e. The average Bonchev–Trinajstić information content (AvgIpc) is 2.58. The van der Waals surface area contributed by atoms with Gasteiger partial charge >= 0.3 is 0 Å². The molecule has 0 radical (unpaired) electrons. The molecular weight excluding hydrogens is 206 g/mol. The van der Waals surface area contributed by atoms with E-state index in [1.165, 1.54) is 5.01 Å². The quantitative estimate of drug-likeness (QED) is 0.465. The Morgan fingerprint density at radius 3 is 2.50 bits per heavy atom. The lowest BCUT2D eigenvalue weighted by Gasteiger charge is -2.11. The number of carbonyl (C=O) groups excluding carboxylic acids is 1. The molecule has 1 aliphatic heterocycles. The maximum atomic E-state index is 11.8. The van der Waals surface area contributed by atoms with Gasteiger partial charge in [-0.25, -0.2) is 0 Å². The van der Waals surface area contributed by atoms with Crippen LogP contribution in [0.3, 0.4) is 0 Å². The zero-order chi connectivity index (χ0) is 11.7. The van der Waals surface area contributed by atoms with Gasteiger partial charge in [0, 0.05) is 0 Å². The normalized spacial score (nSPS) is 19.8. The lowest BCUT2D eigenvalue weighted by molar-refractivity contribution is -0.117. The molecular formula is C10H11N5O. The van der Waals surface area contributed by atoms with Crippen LogP contribution in [0.5, 0.6) is 0 Å². The number of hydrogen-bond acceptors (Lipinski definition) is 4. The van der Waals surface area contributed by atoms with Crippen molar-refractivity contribution in [2.45, 2.75) is 6.04 Å². The van der Waals surface area contributed by atoms with Gasteiger partial charge in [-0.05, 0) is 12.1 Å². The fourth-order valence-electron chi connectivity index (χ4n) is 1.44. The molecule has 1 aromatic carbocycles. The standard InChI is InChI=1S/C10H11N5O/c11-7-8(9(12)13)14-15(10(7)16)6-4-2-1-3-5-6/h1-5,7H,11H2,(H3,12,13). The maximum absolute atomic E-state index is 11.8. The summed E-state index contributed by atoms with van der Waals surface area (Å²) in [6.45, 7) is 0.